The molecule has 0 aromatic heterocycles. The van der Waals surface area contributed by atoms with Crippen LogP contribution in [0.4, 0.5) is 0 Å². The molecule has 0 aromatic rings. The predicted molar refractivity (Wildman–Crippen MR) is 29.9 cm³/mol. The zero-order chi connectivity index (χ0) is 6.41. The number of aliphatic hydroxyl groups is 1. The van der Waals surface area contributed by atoms with Crippen molar-refractivity contribution in [1.82, 2.24) is 5.32 Å². The van der Waals surface area contributed by atoms with Gasteiger partial charge in [-0.2, -0.15) is 5.26 Å². The molecule has 0 spiro atoms. The average molecular weight is 114 g/mol. The lowest BCUT2D eigenvalue weighted by atomic mass is 10.2. The first-order valence-electron chi connectivity index (χ1n) is 2.54. The van der Waals surface area contributed by atoms with E-state index in [0.717, 1.165) is 0 Å². The van der Waals surface area contributed by atoms with E-state index in [1.165, 1.54) is 0 Å². The Hall–Kier alpha value is -0.750. The molecule has 46 valence electrons. The van der Waals surface area contributed by atoms with E-state index in [0.29, 0.717) is 6.54 Å². The fourth-order valence-electron chi connectivity index (χ4n) is 0.284. The molecule has 0 bridgehead atoms. The fourth-order valence-corrected chi connectivity index (χ4v) is 0.284. The lowest BCUT2D eigenvalue weighted by Crippen LogP contribution is -2.18. The summed E-state index contributed by atoms with van der Waals surface area (Å²) in [6, 6.07) is 0. The fraction of sp³-hybridized carbons (Fsp3) is 0.800. The third-order valence-electron chi connectivity index (χ3n) is 0.841. The highest BCUT2D eigenvalue weighted by molar-refractivity contribution is 4.66. The van der Waals surface area contributed by atoms with Crippen LogP contribution in [-0.2, 0) is 0 Å². The summed E-state index contributed by atoms with van der Waals surface area (Å²) in [4.78, 5) is 0. The second kappa shape index (κ2) is 4.41. The Morgan fingerprint density at radius 3 is 2.88 bits per heavy atom. The summed E-state index contributed by atoms with van der Waals surface area (Å²) in [6.45, 7) is 2.56. The normalized spacial score (nSPS) is 12.1. The number of nitrogens with one attached hydrogen (secondary N) is 1. The zero-order valence-electron chi connectivity index (χ0n) is 4.89. The Bertz CT molecular complexity index is 86.9. The van der Waals surface area contributed by atoms with Gasteiger partial charge in [0, 0.05) is 13.2 Å². The quantitative estimate of drug-likeness (QED) is 0.390. The van der Waals surface area contributed by atoms with Crippen molar-refractivity contribution in [2.75, 3.05) is 13.2 Å². The van der Waals surface area contributed by atoms with Gasteiger partial charge in [-0.15, -0.1) is 0 Å². The number of rotatable bonds is 3. The van der Waals surface area contributed by atoms with Crippen LogP contribution in [0.5, 0.6) is 0 Å². The van der Waals surface area contributed by atoms with Crippen molar-refractivity contribution in [3.05, 3.63) is 0 Å². The largest absolute Gasteiger partial charge is 0.396 e. The molecular weight excluding hydrogens is 104 g/mol. The second-order valence-electron chi connectivity index (χ2n) is 1.78. The molecule has 0 saturated carbocycles. The summed E-state index contributed by atoms with van der Waals surface area (Å²) in [7, 11) is 0. The highest BCUT2D eigenvalue weighted by atomic mass is 16.3. The van der Waals surface area contributed by atoms with E-state index in [1.807, 2.05) is 6.92 Å². The third-order valence-corrected chi connectivity index (χ3v) is 0.841. The van der Waals surface area contributed by atoms with E-state index in [2.05, 4.69) is 5.32 Å². The minimum atomic E-state index is 0.134. The van der Waals surface area contributed by atoms with E-state index in [-0.39, 0.29) is 12.5 Å². The van der Waals surface area contributed by atoms with Crippen molar-refractivity contribution in [3.8, 4) is 6.19 Å². The van der Waals surface area contributed by atoms with Gasteiger partial charge in [-0.25, -0.2) is 0 Å². The summed E-state index contributed by atoms with van der Waals surface area (Å²) < 4.78 is 0. The maximum Gasteiger partial charge on any atom is 0.176 e. The minimum absolute atomic E-state index is 0.134. The maximum absolute atomic E-state index is 8.41. The summed E-state index contributed by atoms with van der Waals surface area (Å²) in [6.07, 6.45) is 1.77. The van der Waals surface area contributed by atoms with Crippen molar-refractivity contribution in [1.29, 1.82) is 5.26 Å². The van der Waals surface area contributed by atoms with Crippen molar-refractivity contribution >= 4 is 0 Å². The van der Waals surface area contributed by atoms with E-state index in [4.69, 9.17) is 10.4 Å². The van der Waals surface area contributed by atoms with Gasteiger partial charge in [0.15, 0.2) is 6.19 Å². The van der Waals surface area contributed by atoms with Crippen molar-refractivity contribution in [2.45, 2.75) is 6.92 Å². The molecule has 0 rings (SSSR count). The Morgan fingerprint density at radius 1 is 1.88 bits per heavy atom. The first-order valence-corrected chi connectivity index (χ1v) is 2.54. The van der Waals surface area contributed by atoms with Crippen LogP contribution in [0.3, 0.4) is 0 Å². The Labute approximate surface area is 48.9 Å². The molecule has 2 N–H and O–H groups in total. The number of hydrogen-bond acceptors (Lipinski definition) is 3. The minimum Gasteiger partial charge on any atom is -0.396 e. The van der Waals surface area contributed by atoms with E-state index in [1.54, 1.807) is 6.19 Å². The van der Waals surface area contributed by atoms with Gasteiger partial charge in [0.2, 0.25) is 0 Å². The van der Waals surface area contributed by atoms with Crippen LogP contribution in [0.2, 0.25) is 0 Å². The molecule has 0 amide bonds. The van der Waals surface area contributed by atoms with Gasteiger partial charge in [-0.05, 0) is 5.92 Å². The highest BCUT2D eigenvalue weighted by Gasteiger charge is 1.95. The molecule has 1 unspecified atom stereocenters. The molecule has 0 heterocycles. The van der Waals surface area contributed by atoms with Crippen LogP contribution in [0.1, 0.15) is 6.92 Å². The molecule has 8 heavy (non-hydrogen) atoms. The molecule has 0 radical (unpaired) electrons. The molecule has 3 heteroatoms. The van der Waals surface area contributed by atoms with Crippen molar-refractivity contribution in [2.24, 2.45) is 5.92 Å². The van der Waals surface area contributed by atoms with Gasteiger partial charge in [-0.1, -0.05) is 6.92 Å². The van der Waals surface area contributed by atoms with Gasteiger partial charge < -0.3 is 10.4 Å². The van der Waals surface area contributed by atoms with Gasteiger partial charge in [0.1, 0.15) is 0 Å². The van der Waals surface area contributed by atoms with E-state index >= 15 is 0 Å². The second-order valence-corrected chi connectivity index (χ2v) is 1.78. The summed E-state index contributed by atoms with van der Waals surface area (Å²) in [5.74, 6) is 0.176. The summed E-state index contributed by atoms with van der Waals surface area (Å²) in [5.41, 5.74) is 0. The molecule has 0 saturated heterocycles. The monoisotopic (exact) mass is 114 g/mol. The zero-order valence-corrected chi connectivity index (χ0v) is 4.89. The van der Waals surface area contributed by atoms with Crippen LogP contribution in [-0.4, -0.2) is 18.3 Å². The van der Waals surface area contributed by atoms with Crippen LogP contribution < -0.4 is 5.32 Å². The Morgan fingerprint density at radius 2 is 2.50 bits per heavy atom. The Balaban J connectivity index is 3.01. The third kappa shape index (κ3) is 3.44. The molecule has 0 aliphatic rings. The molecule has 0 aliphatic carbocycles. The molecular formula is C5H10N2O. The first kappa shape index (κ1) is 7.25. The summed E-state index contributed by atoms with van der Waals surface area (Å²) >= 11 is 0. The Kier molecular flexibility index (Phi) is 4.00. The van der Waals surface area contributed by atoms with Gasteiger partial charge in [0.05, 0.1) is 0 Å². The SMILES string of the molecule is CC(CO)CNC#N. The van der Waals surface area contributed by atoms with E-state index in [9.17, 15) is 0 Å². The lowest BCUT2D eigenvalue weighted by molar-refractivity contribution is 0.237. The molecule has 3 nitrogen and oxygen atoms in total. The first-order chi connectivity index (χ1) is 3.81. The van der Waals surface area contributed by atoms with Gasteiger partial charge in [0.25, 0.3) is 0 Å². The van der Waals surface area contributed by atoms with Crippen LogP contribution in [0.25, 0.3) is 0 Å². The summed E-state index contributed by atoms with van der Waals surface area (Å²) in [5, 5.41) is 18.8. The number of nitrogens with zero attached hydrogens (tertiary/aromatic N) is 1. The predicted octanol–water partition coefficient (Wildman–Crippen LogP) is -0.315. The maximum atomic E-state index is 8.41. The highest BCUT2D eigenvalue weighted by Crippen LogP contribution is 1.86. The number of nitriles is 1. The van der Waals surface area contributed by atoms with Gasteiger partial charge in [-0.3, -0.25) is 0 Å². The molecule has 0 aromatic carbocycles. The molecule has 1 atom stereocenters. The van der Waals surface area contributed by atoms with Gasteiger partial charge >= 0.3 is 0 Å². The molecule has 0 fully saturated rings. The van der Waals surface area contributed by atoms with Crippen molar-refractivity contribution < 1.29 is 5.11 Å². The molecule has 0 aliphatic heterocycles. The van der Waals surface area contributed by atoms with Crippen molar-refractivity contribution in [3.63, 3.8) is 0 Å². The average Bonchev–Trinajstić information content (AvgIpc) is 1.83. The number of aliphatic hydroxyl groups excluding tert-OH is 1. The van der Waals surface area contributed by atoms with Crippen LogP contribution >= 0.6 is 0 Å². The standard InChI is InChI=1S/C5H10N2O/c1-5(3-8)2-7-4-6/h5,7-8H,2-3H2,1H3. The van der Waals surface area contributed by atoms with E-state index < -0.39 is 0 Å². The van der Waals surface area contributed by atoms with Crippen LogP contribution in [0, 0.1) is 17.4 Å². The smallest absolute Gasteiger partial charge is 0.176 e. The topological polar surface area (TPSA) is 56.0 Å². The lowest BCUT2D eigenvalue weighted by Gasteiger charge is -2.02. The number of hydrogen-bond donors (Lipinski definition) is 2. The van der Waals surface area contributed by atoms with Crippen LogP contribution in [0.15, 0.2) is 0 Å².